The quantitative estimate of drug-likeness (QED) is 0.782. The van der Waals surface area contributed by atoms with E-state index in [0.717, 1.165) is 12.8 Å². The van der Waals surface area contributed by atoms with E-state index in [-0.39, 0.29) is 24.2 Å². The molecule has 1 atom stereocenters. The van der Waals surface area contributed by atoms with Gasteiger partial charge in [0.1, 0.15) is 12.9 Å². The molecule has 1 amide bonds. The number of aryl methyl sites for hydroxylation is 2. The van der Waals surface area contributed by atoms with Crippen LogP contribution in [0, 0.1) is 0 Å². The molecule has 7 heteroatoms. The molecule has 2 rings (SSSR count). The fourth-order valence-electron chi connectivity index (χ4n) is 2.05. The Hall–Kier alpha value is -2.31. The topological polar surface area (TPSA) is 84.7 Å². The van der Waals surface area contributed by atoms with Crippen molar-refractivity contribution >= 4 is 5.91 Å². The Labute approximate surface area is 116 Å². The highest BCUT2D eigenvalue weighted by atomic mass is 16.2. The van der Waals surface area contributed by atoms with Crippen molar-refractivity contribution in [1.82, 2.24) is 24.6 Å². The SMILES string of the molecule is C[C@H](CCc1cccn1C)NC(=O)Cn1cn[nH]c1=O. The lowest BCUT2D eigenvalue weighted by Crippen LogP contribution is -2.37. The molecule has 0 spiro atoms. The molecule has 0 saturated heterocycles. The number of carbonyl (C=O) groups is 1. The first kappa shape index (κ1) is 14.1. The lowest BCUT2D eigenvalue weighted by molar-refractivity contribution is -0.122. The highest BCUT2D eigenvalue weighted by molar-refractivity contribution is 5.75. The summed E-state index contributed by atoms with van der Waals surface area (Å²) < 4.78 is 3.30. The number of aromatic nitrogens is 4. The average Bonchev–Trinajstić information content (AvgIpc) is 2.97. The summed E-state index contributed by atoms with van der Waals surface area (Å²) in [5, 5.41) is 8.71. The molecule has 2 aromatic heterocycles. The number of H-pyrrole nitrogens is 1. The largest absolute Gasteiger partial charge is 0.354 e. The number of amides is 1. The second-order valence-electron chi connectivity index (χ2n) is 4.91. The van der Waals surface area contributed by atoms with Crippen molar-refractivity contribution in [3.8, 4) is 0 Å². The van der Waals surface area contributed by atoms with Crippen molar-refractivity contribution in [3.05, 3.63) is 40.8 Å². The van der Waals surface area contributed by atoms with Crippen molar-refractivity contribution < 1.29 is 4.79 Å². The van der Waals surface area contributed by atoms with Gasteiger partial charge in [-0.1, -0.05) is 0 Å². The average molecular weight is 277 g/mol. The number of nitrogens with zero attached hydrogens (tertiary/aromatic N) is 3. The fraction of sp³-hybridized carbons (Fsp3) is 0.462. The maximum atomic E-state index is 11.8. The van der Waals surface area contributed by atoms with Gasteiger partial charge in [0.2, 0.25) is 5.91 Å². The third-order valence-corrected chi connectivity index (χ3v) is 3.22. The molecule has 0 aliphatic heterocycles. The summed E-state index contributed by atoms with van der Waals surface area (Å²) in [6, 6.07) is 4.13. The molecule has 108 valence electrons. The van der Waals surface area contributed by atoms with Gasteiger partial charge in [-0.15, -0.1) is 0 Å². The van der Waals surface area contributed by atoms with Gasteiger partial charge in [-0.3, -0.25) is 9.36 Å². The summed E-state index contributed by atoms with van der Waals surface area (Å²) in [4.78, 5) is 23.0. The van der Waals surface area contributed by atoms with Crippen LogP contribution in [0.1, 0.15) is 19.0 Å². The van der Waals surface area contributed by atoms with Crippen LogP contribution in [0.25, 0.3) is 0 Å². The van der Waals surface area contributed by atoms with Crippen molar-refractivity contribution in [2.24, 2.45) is 7.05 Å². The molecular formula is C13H19N5O2. The molecule has 20 heavy (non-hydrogen) atoms. The van der Waals surface area contributed by atoms with Gasteiger partial charge in [-0.05, 0) is 31.9 Å². The first-order valence-corrected chi connectivity index (χ1v) is 6.55. The minimum Gasteiger partial charge on any atom is -0.354 e. The zero-order valence-electron chi connectivity index (χ0n) is 11.7. The molecule has 7 nitrogen and oxygen atoms in total. The highest BCUT2D eigenvalue weighted by Crippen LogP contribution is 2.05. The second-order valence-corrected chi connectivity index (χ2v) is 4.91. The van der Waals surface area contributed by atoms with Crippen molar-refractivity contribution in [2.45, 2.75) is 32.4 Å². The number of rotatable bonds is 6. The van der Waals surface area contributed by atoms with Gasteiger partial charge in [0, 0.05) is 25.0 Å². The first-order valence-electron chi connectivity index (χ1n) is 6.55. The van der Waals surface area contributed by atoms with Crippen molar-refractivity contribution in [1.29, 1.82) is 0 Å². The van der Waals surface area contributed by atoms with Crippen LogP contribution >= 0.6 is 0 Å². The molecule has 2 heterocycles. The Balaban J connectivity index is 1.78. The van der Waals surface area contributed by atoms with E-state index in [0.29, 0.717) is 0 Å². The maximum absolute atomic E-state index is 11.8. The summed E-state index contributed by atoms with van der Waals surface area (Å²) in [5.74, 6) is -0.187. The van der Waals surface area contributed by atoms with Crippen LogP contribution < -0.4 is 11.0 Å². The van der Waals surface area contributed by atoms with Gasteiger partial charge in [-0.2, -0.15) is 5.10 Å². The third-order valence-electron chi connectivity index (χ3n) is 3.22. The zero-order valence-corrected chi connectivity index (χ0v) is 11.7. The summed E-state index contributed by atoms with van der Waals surface area (Å²) in [5.41, 5.74) is 0.855. The van der Waals surface area contributed by atoms with Gasteiger partial charge in [0.15, 0.2) is 0 Å². The van der Waals surface area contributed by atoms with Crippen LogP contribution in [0.5, 0.6) is 0 Å². The number of aromatic amines is 1. The molecular weight excluding hydrogens is 258 g/mol. The Morgan fingerprint density at radius 3 is 2.95 bits per heavy atom. The smallest absolute Gasteiger partial charge is 0.343 e. The van der Waals surface area contributed by atoms with Crippen LogP contribution in [0.15, 0.2) is 29.5 Å². The predicted octanol–water partition coefficient (Wildman–Crippen LogP) is 0.0474. The zero-order chi connectivity index (χ0) is 14.5. The molecule has 0 fully saturated rings. The van der Waals surface area contributed by atoms with Crippen molar-refractivity contribution in [2.75, 3.05) is 0 Å². The molecule has 0 unspecified atom stereocenters. The van der Waals surface area contributed by atoms with Gasteiger partial charge in [0.25, 0.3) is 0 Å². The molecule has 0 radical (unpaired) electrons. The Bertz CT molecular complexity index is 624. The van der Waals surface area contributed by atoms with Crippen molar-refractivity contribution in [3.63, 3.8) is 0 Å². The number of carbonyl (C=O) groups excluding carboxylic acids is 1. The van der Waals surface area contributed by atoms with E-state index in [1.54, 1.807) is 0 Å². The van der Waals surface area contributed by atoms with Crippen LogP contribution in [0.4, 0.5) is 0 Å². The standard InChI is InChI=1S/C13H19N5O2/c1-10(5-6-11-4-3-7-17(11)2)15-12(19)8-18-9-14-16-13(18)20/h3-4,7,9-10H,5-6,8H2,1-2H3,(H,15,19)(H,16,20)/t10-/m1/s1. The van der Waals surface area contributed by atoms with Crippen LogP contribution in [-0.4, -0.2) is 31.3 Å². The first-order chi connectivity index (χ1) is 9.56. The van der Waals surface area contributed by atoms with Gasteiger partial charge in [-0.25, -0.2) is 9.89 Å². The Morgan fingerprint density at radius 1 is 1.55 bits per heavy atom. The van der Waals surface area contributed by atoms with E-state index in [4.69, 9.17) is 0 Å². The van der Waals surface area contributed by atoms with Gasteiger partial charge < -0.3 is 9.88 Å². The van der Waals surface area contributed by atoms with Crippen LogP contribution in [0.2, 0.25) is 0 Å². The molecule has 0 saturated carbocycles. The Kier molecular flexibility index (Phi) is 4.39. The molecule has 0 aliphatic rings. The second kappa shape index (κ2) is 6.23. The van der Waals surface area contributed by atoms with Crippen LogP contribution in [0.3, 0.4) is 0 Å². The third kappa shape index (κ3) is 3.59. The van der Waals surface area contributed by atoms with E-state index in [1.165, 1.54) is 16.6 Å². The number of hydrogen-bond donors (Lipinski definition) is 2. The number of nitrogens with one attached hydrogen (secondary N) is 2. The summed E-state index contributed by atoms with van der Waals surface area (Å²) in [7, 11) is 2.00. The fourth-order valence-corrected chi connectivity index (χ4v) is 2.05. The van der Waals surface area contributed by atoms with Crippen LogP contribution in [-0.2, 0) is 24.8 Å². The monoisotopic (exact) mass is 277 g/mol. The maximum Gasteiger partial charge on any atom is 0.343 e. The van der Waals surface area contributed by atoms with E-state index in [9.17, 15) is 9.59 Å². The lowest BCUT2D eigenvalue weighted by atomic mass is 10.1. The van der Waals surface area contributed by atoms with E-state index in [1.807, 2.05) is 26.2 Å². The molecule has 0 bridgehead atoms. The van der Waals surface area contributed by atoms with E-state index in [2.05, 4.69) is 26.1 Å². The molecule has 2 aromatic rings. The molecule has 0 aliphatic carbocycles. The predicted molar refractivity (Wildman–Crippen MR) is 74.2 cm³/mol. The minimum absolute atomic E-state index is 0.0101. The van der Waals surface area contributed by atoms with E-state index >= 15 is 0 Å². The molecule has 2 N–H and O–H groups in total. The summed E-state index contributed by atoms with van der Waals surface area (Å²) >= 11 is 0. The lowest BCUT2D eigenvalue weighted by Gasteiger charge is -2.14. The van der Waals surface area contributed by atoms with Gasteiger partial charge >= 0.3 is 5.69 Å². The highest BCUT2D eigenvalue weighted by Gasteiger charge is 2.10. The normalized spacial score (nSPS) is 12.3. The van der Waals surface area contributed by atoms with E-state index < -0.39 is 0 Å². The van der Waals surface area contributed by atoms with Gasteiger partial charge in [0.05, 0.1) is 0 Å². The number of hydrogen-bond acceptors (Lipinski definition) is 3. The Morgan fingerprint density at radius 2 is 2.35 bits per heavy atom. The minimum atomic E-state index is -0.378. The summed E-state index contributed by atoms with van der Waals surface area (Å²) in [6.45, 7) is 1.95. The summed E-state index contributed by atoms with van der Waals surface area (Å²) in [6.07, 6.45) is 5.07. The molecule has 0 aromatic carbocycles.